The van der Waals surface area contributed by atoms with Crippen molar-refractivity contribution < 1.29 is 9.15 Å². The second kappa shape index (κ2) is 6.24. The van der Waals surface area contributed by atoms with Gasteiger partial charge in [0.25, 0.3) is 0 Å². The molecule has 2 heterocycles. The van der Waals surface area contributed by atoms with Crippen molar-refractivity contribution in [1.82, 2.24) is 0 Å². The van der Waals surface area contributed by atoms with Crippen LogP contribution in [-0.4, -0.2) is 0 Å². The standard InChI is InChI=1S/C25H18O3/c1-25(18-12-6-3-7-13-18)16-21(17-10-4-2-5-11-17)27-23-19-14-8-9-15-20(19)28-24(26)22(23)25/h2-16H,1H3. The summed E-state index contributed by atoms with van der Waals surface area (Å²) in [6, 6.07) is 27.4. The molecular weight excluding hydrogens is 348 g/mol. The Morgan fingerprint density at radius 1 is 0.786 bits per heavy atom. The number of rotatable bonds is 2. The Bertz CT molecular complexity index is 1250. The first-order valence-corrected chi connectivity index (χ1v) is 9.25. The minimum atomic E-state index is -0.676. The zero-order valence-electron chi connectivity index (χ0n) is 15.4. The number of hydrogen-bond donors (Lipinski definition) is 0. The lowest BCUT2D eigenvalue weighted by molar-refractivity contribution is 0.446. The Balaban J connectivity index is 1.87. The normalized spacial score (nSPS) is 18.2. The van der Waals surface area contributed by atoms with Crippen LogP contribution in [0.15, 0.2) is 100 Å². The lowest BCUT2D eigenvalue weighted by Gasteiger charge is -2.33. The van der Waals surface area contributed by atoms with Gasteiger partial charge in [-0.15, -0.1) is 0 Å². The number of allylic oxidation sites excluding steroid dienone is 1. The summed E-state index contributed by atoms with van der Waals surface area (Å²) in [6.07, 6.45) is 2.02. The van der Waals surface area contributed by atoms with Gasteiger partial charge in [-0.3, -0.25) is 0 Å². The number of para-hydroxylation sites is 1. The molecule has 0 amide bonds. The van der Waals surface area contributed by atoms with E-state index in [-0.39, 0.29) is 5.63 Å². The lowest BCUT2D eigenvalue weighted by atomic mass is 9.74. The van der Waals surface area contributed by atoms with Gasteiger partial charge in [0, 0.05) is 5.56 Å². The zero-order valence-corrected chi connectivity index (χ0v) is 15.4. The number of ether oxygens (including phenoxy) is 1. The summed E-state index contributed by atoms with van der Waals surface area (Å²) in [7, 11) is 0. The number of hydrogen-bond acceptors (Lipinski definition) is 3. The van der Waals surface area contributed by atoms with Crippen molar-refractivity contribution >= 4 is 16.7 Å². The van der Waals surface area contributed by atoms with E-state index in [2.05, 4.69) is 0 Å². The van der Waals surface area contributed by atoms with Crippen LogP contribution in [0.5, 0.6) is 5.75 Å². The lowest BCUT2D eigenvalue weighted by Crippen LogP contribution is -2.32. The van der Waals surface area contributed by atoms with Gasteiger partial charge in [-0.05, 0) is 30.7 Å². The van der Waals surface area contributed by atoms with Gasteiger partial charge >= 0.3 is 5.63 Å². The van der Waals surface area contributed by atoms with Gasteiger partial charge in [0.1, 0.15) is 17.1 Å². The van der Waals surface area contributed by atoms with Gasteiger partial charge in [-0.1, -0.05) is 72.8 Å². The minimum Gasteiger partial charge on any atom is -0.456 e. The van der Waals surface area contributed by atoms with Crippen LogP contribution >= 0.6 is 0 Å². The molecule has 1 aliphatic heterocycles. The molecule has 0 aliphatic carbocycles. The van der Waals surface area contributed by atoms with Gasteiger partial charge in [0.05, 0.1) is 16.4 Å². The quantitative estimate of drug-likeness (QED) is 0.438. The molecule has 0 saturated heterocycles. The van der Waals surface area contributed by atoms with E-state index < -0.39 is 5.41 Å². The maximum atomic E-state index is 13.0. The molecule has 0 fully saturated rings. The first-order chi connectivity index (χ1) is 13.7. The van der Waals surface area contributed by atoms with Crippen molar-refractivity contribution in [3.63, 3.8) is 0 Å². The third kappa shape index (κ3) is 2.48. The van der Waals surface area contributed by atoms with E-state index in [1.54, 1.807) is 6.07 Å². The van der Waals surface area contributed by atoms with Gasteiger partial charge in [0.2, 0.25) is 0 Å². The van der Waals surface area contributed by atoms with E-state index in [1.165, 1.54) is 0 Å². The summed E-state index contributed by atoms with van der Waals surface area (Å²) in [6.45, 7) is 2.04. The maximum Gasteiger partial charge on any atom is 0.344 e. The predicted molar refractivity (Wildman–Crippen MR) is 110 cm³/mol. The predicted octanol–water partition coefficient (Wildman–Crippen LogP) is 5.53. The summed E-state index contributed by atoms with van der Waals surface area (Å²) in [5, 5.41) is 0.792. The van der Waals surface area contributed by atoms with Crippen molar-refractivity contribution in [2.45, 2.75) is 12.3 Å². The van der Waals surface area contributed by atoms with E-state index in [0.29, 0.717) is 16.9 Å². The fraction of sp³-hybridized carbons (Fsp3) is 0.0800. The molecular formula is C25H18O3. The largest absolute Gasteiger partial charge is 0.456 e. The van der Waals surface area contributed by atoms with Crippen molar-refractivity contribution in [3.05, 3.63) is 118 Å². The van der Waals surface area contributed by atoms with E-state index in [1.807, 2.05) is 91.9 Å². The van der Waals surface area contributed by atoms with E-state index in [9.17, 15) is 4.79 Å². The third-order valence-electron chi connectivity index (χ3n) is 5.35. The van der Waals surface area contributed by atoms with Crippen LogP contribution in [0.3, 0.4) is 0 Å². The summed E-state index contributed by atoms with van der Waals surface area (Å²) in [4.78, 5) is 13.0. The first-order valence-electron chi connectivity index (χ1n) is 9.25. The molecule has 1 atom stereocenters. The smallest absolute Gasteiger partial charge is 0.344 e. The van der Waals surface area contributed by atoms with Crippen LogP contribution in [0.4, 0.5) is 0 Å². The van der Waals surface area contributed by atoms with Crippen LogP contribution in [0.2, 0.25) is 0 Å². The summed E-state index contributed by atoms with van der Waals surface area (Å²) >= 11 is 0. The minimum absolute atomic E-state index is 0.372. The molecule has 1 aliphatic rings. The van der Waals surface area contributed by atoms with E-state index in [4.69, 9.17) is 9.15 Å². The molecule has 136 valence electrons. The van der Waals surface area contributed by atoms with Crippen LogP contribution in [-0.2, 0) is 5.41 Å². The Morgan fingerprint density at radius 3 is 2.18 bits per heavy atom. The second-order valence-corrected chi connectivity index (χ2v) is 7.13. The first kappa shape index (κ1) is 16.6. The zero-order chi connectivity index (χ0) is 19.1. The van der Waals surface area contributed by atoms with Gasteiger partial charge in [-0.25, -0.2) is 4.79 Å². The van der Waals surface area contributed by atoms with Crippen molar-refractivity contribution in [1.29, 1.82) is 0 Å². The Morgan fingerprint density at radius 2 is 1.43 bits per heavy atom. The summed E-state index contributed by atoms with van der Waals surface area (Å²) < 4.78 is 12.0. The average Bonchev–Trinajstić information content (AvgIpc) is 2.74. The summed E-state index contributed by atoms with van der Waals surface area (Å²) in [5.74, 6) is 1.30. The highest BCUT2D eigenvalue weighted by atomic mass is 16.5. The number of fused-ring (bicyclic) bond motifs is 3. The Labute approximate surface area is 162 Å². The molecule has 0 N–H and O–H groups in total. The second-order valence-electron chi connectivity index (χ2n) is 7.13. The highest BCUT2D eigenvalue weighted by Crippen LogP contribution is 2.46. The molecule has 4 aromatic rings. The molecule has 0 bridgehead atoms. The van der Waals surface area contributed by atoms with Gasteiger partial charge in [0.15, 0.2) is 0 Å². The van der Waals surface area contributed by atoms with E-state index in [0.717, 1.165) is 22.3 Å². The van der Waals surface area contributed by atoms with Crippen LogP contribution in [0, 0.1) is 0 Å². The molecule has 1 aromatic heterocycles. The van der Waals surface area contributed by atoms with Gasteiger partial charge in [-0.2, -0.15) is 0 Å². The fourth-order valence-corrected chi connectivity index (χ4v) is 3.91. The summed E-state index contributed by atoms with van der Waals surface area (Å²) in [5.41, 5.74) is 1.98. The molecule has 28 heavy (non-hydrogen) atoms. The molecule has 3 aromatic carbocycles. The van der Waals surface area contributed by atoms with Crippen LogP contribution in [0.25, 0.3) is 16.7 Å². The van der Waals surface area contributed by atoms with E-state index >= 15 is 0 Å². The molecule has 0 spiro atoms. The number of benzene rings is 3. The highest BCUT2D eigenvalue weighted by molar-refractivity contribution is 5.88. The molecule has 3 heteroatoms. The monoisotopic (exact) mass is 366 g/mol. The molecule has 0 saturated carbocycles. The van der Waals surface area contributed by atoms with Crippen molar-refractivity contribution in [2.75, 3.05) is 0 Å². The Hall–Kier alpha value is -3.59. The molecule has 0 radical (unpaired) electrons. The topological polar surface area (TPSA) is 39.4 Å². The Kier molecular flexibility index (Phi) is 3.69. The highest BCUT2D eigenvalue weighted by Gasteiger charge is 2.39. The van der Waals surface area contributed by atoms with Crippen molar-refractivity contribution in [3.8, 4) is 5.75 Å². The molecule has 1 unspecified atom stereocenters. The maximum absolute atomic E-state index is 13.0. The fourth-order valence-electron chi connectivity index (χ4n) is 3.91. The SMILES string of the molecule is CC1(c2ccccc2)C=C(c2ccccc2)Oc2c1c(=O)oc1ccccc21. The third-order valence-corrected chi connectivity index (χ3v) is 5.35. The average molecular weight is 366 g/mol. The van der Waals surface area contributed by atoms with Crippen LogP contribution < -0.4 is 10.4 Å². The molecule has 3 nitrogen and oxygen atoms in total. The van der Waals surface area contributed by atoms with Crippen molar-refractivity contribution in [2.24, 2.45) is 0 Å². The molecule has 5 rings (SSSR count). The van der Waals surface area contributed by atoms with Crippen LogP contribution in [0.1, 0.15) is 23.6 Å². The van der Waals surface area contributed by atoms with Gasteiger partial charge < -0.3 is 9.15 Å².